The number of unbranched alkanes of at least 4 members (excludes halogenated alkanes) is 5. The largest absolute Gasteiger partial charge is 0.261 e. The van der Waals surface area contributed by atoms with Gasteiger partial charge in [-0.15, -0.1) is 11.6 Å². The van der Waals surface area contributed by atoms with Crippen molar-refractivity contribution in [1.82, 2.24) is 4.98 Å². The molecule has 0 aliphatic heterocycles. The molecule has 1 rings (SSSR count). The van der Waals surface area contributed by atoms with E-state index in [1.807, 2.05) is 18.3 Å². The molecule has 0 saturated carbocycles. The van der Waals surface area contributed by atoms with E-state index in [-0.39, 0.29) is 5.38 Å². The normalized spacial score (nSPS) is 12.6. The maximum atomic E-state index is 6.32. The van der Waals surface area contributed by atoms with Crippen molar-refractivity contribution in [2.45, 2.75) is 63.7 Å². The molecule has 0 aliphatic rings. The van der Waals surface area contributed by atoms with Crippen LogP contribution >= 0.6 is 11.6 Å². The molecule has 17 heavy (non-hydrogen) atoms. The van der Waals surface area contributed by atoms with Gasteiger partial charge in [0.2, 0.25) is 0 Å². The zero-order chi connectivity index (χ0) is 12.3. The van der Waals surface area contributed by atoms with Crippen molar-refractivity contribution in [3.63, 3.8) is 0 Å². The van der Waals surface area contributed by atoms with Gasteiger partial charge in [0.15, 0.2) is 0 Å². The zero-order valence-corrected chi connectivity index (χ0v) is 11.6. The van der Waals surface area contributed by atoms with Crippen molar-refractivity contribution in [1.29, 1.82) is 0 Å². The van der Waals surface area contributed by atoms with E-state index in [4.69, 9.17) is 11.6 Å². The fraction of sp³-hybridized carbons (Fsp3) is 0.667. The number of rotatable bonds is 9. The highest BCUT2D eigenvalue weighted by Gasteiger charge is 2.06. The molecule has 0 bridgehead atoms. The fourth-order valence-corrected chi connectivity index (χ4v) is 2.31. The van der Waals surface area contributed by atoms with Gasteiger partial charge in [0, 0.05) is 23.7 Å². The Labute approximate surface area is 111 Å². The maximum Gasteiger partial charge on any atom is 0.0418 e. The van der Waals surface area contributed by atoms with Gasteiger partial charge in [-0.05, 0) is 18.6 Å². The lowest BCUT2D eigenvalue weighted by Crippen LogP contribution is -2.04. The standard InChI is InChI=1S/C15H24ClN/c1-2-3-4-5-6-7-10-14(16)13-15-11-8-9-12-17-15/h8-9,11-12,14H,2-7,10,13H2,1H3. The number of hydrogen-bond donors (Lipinski definition) is 0. The smallest absolute Gasteiger partial charge is 0.0418 e. The molecule has 0 spiro atoms. The van der Waals surface area contributed by atoms with Crippen molar-refractivity contribution in [2.75, 3.05) is 0 Å². The van der Waals surface area contributed by atoms with E-state index in [1.165, 1.54) is 38.5 Å². The second-order valence-corrected chi connectivity index (χ2v) is 5.30. The summed E-state index contributed by atoms with van der Waals surface area (Å²) in [6, 6.07) is 6.02. The van der Waals surface area contributed by atoms with Crippen LogP contribution in [0.25, 0.3) is 0 Å². The number of pyridine rings is 1. The summed E-state index contributed by atoms with van der Waals surface area (Å²) < 4.78 is 0. The number of aromatic nitrogens is 1. The number of nitrogens with zero attached hydrogens (tertiary/aromatic N) is 1. The van der Waals surface area contributed by atoms with Crippen LogP contribution in [0, 0.1) is 0 Å². The van der Waals surface area contributed by atoms with Gasteiger partial charge < -0.3 is 0 Å². The summed E-state index contributed by atoms with van der Waals surface area (Å²) in [5, 5.41) is 0.246. The Morgan fingerprint density at radius 3 is 2.59 bits per heavy atom. The van der Waals surface area contributed by atoms with Crippen molar-refractivity contribution in [2.24, 2.45) is 0 Å². The summed E-state index contributed by atoms with van der Waals surface area (Å²) >= 11 is 6.32. The first-order chi connectivity index (χ1) is 8.33. The van der Waals surface area contributed by atoms with Crippen LogP contribution in [0.5, 0.6) is 0 Å². The molecular weight excluding hydrogens is 230 g/mol. The number of hydrogen-bond acceptors (Lipinski definition) is 1. The van der Waals surface area contributed by atoms with Gasteiger partial charge >= 0.3 is 0 Å². The molecule has 0 amide bonds. The molecule has 1 nitrogen and oxygen atoms in total. The number of halogens is 1. The summed E-state index contributed by atoms with van der Waals surface area (Å²) in [4.78, 5) is 4.30. The second kappa shape index (κ2) is 9.47. The van der Waals surface area contributed by atoms with Crippen LogP contribution in [0.15, 0.2) is 24.4 Å². The average Bonchev–Trinajstić information content (AvgIpc) is 2.35. The molecule has 1 aromatic heterocycles. The van der Waals surface area contributed by atoms with E-state index in [0.717, 1.165) is 18.5 Å². The predicted molar refractivity (Wildman–Crippen MR) is 75.6 cm³/mol. The molecule has 1 atom stereocenters. The first-order valence-corrected chi connectivity index (χ1v) is 7.30. The first kappa shape index (κ1) is 14.5. The van der Waals surface area contributed by atoms with Gasteiger partial charge in [-0.2, -0.15) is 0 Å². The van der Waals surface area contributed by atoms with Crippen LogP contribution in [0.1, 0.15) is 57.6 Å². The third-order valence-corrected chi connectivity index (χ3v) is 3.40. The molecule has 0 fully saturated rings. The predicted octanol–water partition coefficient (Wildman–Crippen LogP) is 4.98. The quantitative estimate of drug-likeness (QED) is 0.447. The minimum absolute atomic E-state index is 0.246. The van der Waals surface area contributed by atoms with Gasteiger partial charge in [-0.3, -0.25) is 4.98 Å². The van der Waals surface area contributed by atoms with Crippen molar-refractivity contribution < 1.29 is 0 Å². The third-order valence-electron chi connectivity index (χ3n) is 3.03. The minimum Gasteiger partial charge on any atom is -0.261 e. The van der Waals surface area contributed by atoms with Crippen LogP contribution in [0.3, 0.4) is 0 Å². The van der Waals surface area contributed by atoms with Crippen LogP contribution < -0.4 is 0 Å². The molecule has 1 unspecified atom stereocenters. The van der Waals surface area contributed by atoms with Crippen LogP contribution in [0.2, 0.25) is 0 Å². The Balaban J connectivity index is 2.03. The van der Waals surface area contributed by atoms with Crippen molar-refractivity contribution >= 4 is 11.6 Å². The van der Waals surface area contributed by atoms with E-state index in [0.29, 0.717) is 0 Å². The molecule has 2 heteroatoms. The highest BCUT2D eigenvalue weighted by Crippen LogP contribution is 2.15. The van der Waals surface area contributed by atoms with Crippen LogP contribution in [-0.2, 0) is 6.42 Å². The Morgan fingerprint density at radius 1 is 1.12 bits per heavy atom. The molecule has 0 saturated heterocycles. The van der Waals surface area contributed by atoms with Gasteiger partial charge in [0.1, 0.15) is 0 Å². The van der Waals surface area contributed by atoms with Crippen LogP contribution in [-0.4, -0.2) is 10.4 Å². The Kier molecular flexibility index (Phi) is 8.08. The highest BCUT2D eigenvalue weighted by atomic mass is 35.5. The number of alkyl halides is 1. The lowest BCUT2D eigenvalue weighted by molar-refractivity contribution is 0.577. The van der Waals surface area contributed by atoms with Gasteiger partial charge in [0.25, 0.3) is 0 Å². The lowest BCUT2D eigenvalue weighted by Gasteiger charge is -2.08. The topological polar surface area (TPSA) is 12.9 Å². The third kappa shape index (κ3) is 7.38. The lowest BCUT2D eigenvalue weighted by atomic mass is 10.1. The van der Waals surface area contributed by atoms with E-state index < -0.39 is 0 Å². The zero-order valence-electron chi connectivity index (χ0n) is 10.9. The Hall–Kier alpha value is -0.560. The molecule has 0 radical (unpaired) electrons. The Morgan fingerprint density at radius 2 is 1.88 bits per heavy atom. The summed E-state index contributed by atoms with van der Waals surface area (Å²) in [7, 11) is 0. The summed E-state index contributed by atoms with van der Waals surface area (Å²) in [6.07, 6.45) is 11.9. The molecule has 0 aliphatic carbocycles. The summed E-state index contributed by atoms with van der Waals surface area (Å²) in [5.41, 5.74) is 1.11. The molecule has 1 heterocycles. The molecule has 0 N–H and O–H groups in total. The van der Waals surface area contributed by atoms with E-state index >= 15 is 0 Å². The maximum absolute atomic E-state index is 6.32. The second-order valence-electron chi connectivity index (χ2n) is 4.68. The van der Waals surface area contributed by atoms with Gasteiger partial charge in [-0.1, -0.05) is 51.5 Å². The fourth-order valence-electron chi connectivity index (χ4n) is 1.99. The van der Waals surface area contributed by atoms with E-state index in [1.54, 1.807) is 0 Å². The molecule has 1 aromatic rings. The molecular formula is C15H24ClN. The monoisotopic (exact) mass is 253 g/mol. The van der Waals surface area contributed by atoms with Crippen molar-refractivity contribution in [3.8, 4) is 0 Å². The summed E-state index contributed by atoms with van der Waals surface area (Å²) in [6.45, 7) is 2.25. The molecule has 0 aromatic carbocycles. The molecule has 96 valence electrons. The first-order valence-electron chi connectivity index (χ1n) is 6.87. The van der Waals surface area contributed by atoms with Gasteiger partial charge in [-0.25, -0.2) is 0 Å². The SMILES string of the molecule is CCCCCCCCC(Cl)Cc1ccccn1. The average molecular weight is 254 g/mol. The highest BCUT2D eigenvalue weighted by molar-refractivity contribution is 6.20. The van der Waals surface area contributed by atoms with E-state index in [2.05, 4.69) is 18.0 Å². The van der Waals surface area contributed by atoms with Crippen LogP contribution in [0.4, 0.5) is 0 Å². The van der Waals surface area contributed by atoms with Gasteiger partial charge in [0.05, 0.1) is 0 Å². The minimum atomic E-state index is 0.246. The van der Waals surface area contributed by atoms with Crippen molar-refractivity contribution in [3.05, 3.63) is 30.1 Å². The Bertz CT molecular complexity index is 274. The van der Waals surface area contributed by atoms with E-state index in [9.17, 15) is 0 Å². The summed E-state index contributed by atoms with van der Waals surface area (Å²) in [5.74, 6) is 0.